The Kier molecular flexibility index (Phi) is 7.46. The highest BCUT2D eigenvalue weighted by Gasteiger charge is 2.34. The van der Waals surface area contributed by atoms with Crippen LogP contribution in [0.25, 0.3) is 10.6 Å². The van der Waals surface area contributed by atoms with Crippen LogP contribution in [0.1, 0.15) is 36.7 Å². The molecule has 0 saturated carbocycles. The number of aromatic hydroxyl groups is 1. The summed E-state index contributed by atoms with van der Waals surface area (Å²) in [7, 11) is 0. The average molecular weight is 478 g/mol. The minimum absolute atomic E-state index is 0.00310. The molecule has 34 heavy (non-hydrogen) atoms. The zero-order valence-corrected chi connectivity index (χ0v) is 20.4. The molecule has 1 fully saturated rings. The maximum Gasteiger partial charge on any atom is 0.309 e. The van der Waals surface area contributed by atoms with Crippen LogP contribution in [0.2, 0.25) is 0 Å². The Hall–Kier alpha value is -3.00. The molecule has 0 radical (unpaired) electrons. The van der Waals surface area contributed by atoms with E-state index in [1.54, 1.807) is 11.4 Å². The van der Waals surface area contributed by atoms with Crippen molar-refractivity contribution in [3.63, 3.8) is 0 Å². The first-order chi connectivity index (χ1) is 16.4. The molecule has 0 amide bonds. The van der Waals surface area contributed by atoms with Crippen molar-refractivity contribution >= 4 is 17.3 Å². The lowest BCUT2D eigenvalue weighted by atomic mass is 9.93. The first-order valence-corrected chi connectivity index (χ1v) is 12.4. The fraction of sp³-hybridized carbons (Fsp3) is 0.333. The van der Waals surface area contributed by atoms with Gasteiger partial charge in [-0.1, -0.05) is 42.5 Å². The molecule has 4 rings (SSSR count). The van der Waals surface area contributed by atoms with E-state index < -0.39 is 5.97 Å². The lowest BCUT2D eigenvalue weighted by Crippen LogP contribution is -2.57. The molecule has 0 aliphatic carbocycles. The van der Waals surface area contributed by atoms with Gasteiger partial charge < -0.3 is 10.2 Å². The average Bonchev–Trinajstić information content (AvgIpc) is 3.25. The van der Waals surface area contributed by atoms with Gasteiger partial charge in [0.15, 0.2) is 0 Å². The number of phenols is 1. The van der Waals surface area contributed by atoms with Gasteiger partial charge >= 0.3 is 5.97 Å². The van der Waals surface area contributed by atoms with E-state index in [1.807, 2.05) is 18.2 Å². The fourth-order valence-electron chi connectivity index (χ4n) is 4.76. The van der Waals surface area contributed by atoms with Crippen LogP contribution in [0.3, 0.4) is 0 Å². The maximum atomic E-state index is 11.0. The third kappa shape index (κ3) is 5.38. The van der Waals surface area contributed by atoms with Crippen LogP contribution in [0.5, 0.6) is 5.75 Å². The minimum atomic E-state index is -0.877. The first kappa shape index (κ1) is 24.1. The lowest BCUT2D eigenvalue weighted by molar-refractivity contribution is -0.136. The van der Waals surface area contributed by atoms with Crippen molar-refractivity contribution in [2.45, 2.75) is 38.4 Å². The summed E-state index contributed by atoms with van der Waals surface area (Å²) in [5.74, 6) is -0.614. The van der Waals surface area contributed by atoms with Gasteiger partial charge in [0.05, 0.1) is 18.2 Å². The molecule has 1 aromatic heterocycles. The van der Waals surface area contributed by atoms with E-state index in [4.69, 9.17) is 5.11 Å². The Morgan fingerprint density at radius 2 is 1.94 bits per heavy atom. The second kappa shape index (κ2) is 10.5. The summed E-state index contributed by atoms with van der Waals surface area (Å²) in [6.07, 6.45) is 1.90. The summed E-state index contributed by atoms with van der Waals surface area (Å²) in [5.41, 5.74) is 3.75. The van der Waals surface area contributed by atoms with Crippen molar-refractivity contribution in [2.24, 2.45) is 0 Å². The van der Waals surface area contributed by atoms with E-state index in [1.165, 1.54) is 11.3 Å². The molecule has 2 aromatic carbocycles. The van der Waals surface area contributed by atoms with Crippen molar-refractivity contribution in [2.75, 3.05) is 19.6 Å². The van der Waals surface area contributed by atoms with Gasteiger partial charge in [-0.05, 0) is 37.1 Å². The zero-order chi connectivity index (χ0) is 24.2. The van der Waals surface area contributed by atoms with Crippen LogP contribution in [0, 0.1) is 0 Å². The second-order valence-corrected chi connectivity index (χ2v) is 9.83. The largest absolute Gasteiger partial charge is 0.508 e. The highest BCUT2D eigenvalue weighted by molar-refractivity contribution is 7.13. The van der Waals surface area contributed by atoms with Crippen molar-refractivity contribution in [1.82, 2.24) is 14.8 Å². The van der Waals surface area contributed by atoms with Crippen LogP contribution in [-0.4, -0.2) is 62.7 Å². The summed E-state index contributed by atoms with van der Waals surface area (Å²) in [5, 5.41) is 21.8. The number of thiazole rings is 1. The molecule has 0 unspecified atom stereocenters. The van der Waals surface area contributed by atoms with E-state index in [-0.39, 0.29) is 18.2 Å². The van der Waals surface area contributed by atoms with Gasteiger partial charge in [0.1, 0.15) is 10.8 Å². The van der Waals surface area contributed by atoms with Crippen LogP contribution in [0.15, 0.2) is 66.6 Å². The number of rotatable bonds is 8. The molecule has 0 spiro atoms. The van der Waals surface area contributed by atoms with Crippen LogP contribution in [0.4, 0.5) is 0 Å². The molecule has 2 heterocycles. The number of aliphatic carboxylic acids is 1. The van der Waals surface area contributed by atoms with Crippen LogP contribution in [-0.2, 0) is 11.2 Å². The van der Waals surface area contributed by atoms with Gasteiger partial charge in [0.2, 0.25) is 0 Å². The number of carbonyl (C=O) groups is 1. The predicted molar refractivity (Wildman–Crippen MR) is 136 cm³/mol. The Morgan fingerprint density at radius 1 is 1.18 bits per heavy atom. The molecule has 3 atom stereocenters. The highest BCUT2D eigenvalue weighted by Crippen LogP contribution is 2.35. The summed E-state index contributed by atoms with van der Waals surface area (Å²) in [4.78, 5) is 20.4. The molecular weight excluding hydrogens is 446 g/mol. The molecule has 2 N–H and O–H groups in total. The molecule has 7 heteroatoms. The number of carboxylic acid groups (broad SMARTS) is 1. The number of phenolic OH excluding ortho intramolecular Hbond substituents is 1. The second-order valence-electron chi connectivity index (χ2n) is 8.97. The van der Waals surface area contributed by atoms with Gasteiger partial charge in [0, 0.05) is 42.7 Å². The topological polar surface area (TPSA) is 76.9 Å². The number of hydrogen-bond acceptors (Lipinski definition) is 6. The monoisotopic (exact) mass is 477 g/mol. The van der Waals surface area contributed by atoms with Gasteiger partial charge in [-0.15, -0.1) is 17.9 Å². The van der Waals surface area contributed by atoms with Crippen molar-refractivity contribution in [3.8, 4) is 16.3 Å². The maximum absolute atomic E-state index is 11.0. The van der Waals surface area contributed by atoms with Gasteiger partial charge in [-0.3, -0.25) is 14.6 Å². The Bertz CT molecular complexity index is 1140. The van der Waals surface area contributed by atoms with Crippen molar-refractivity contribution in [3.05, 3.63) is 83.4 Å². The van der Waals surface area contributed by atoms with E-state index in [0.29, 0.717) is 17.8 Å². The highest BCUT2D eigenvalue weighted by atomic mass is 32.1. The predicted octanol–water partition coefficient (Wildman–Crippen LogP) is 4.81. The molecule has 1 aliphatic heterocycles. The fourth-order valence-corrected chi connectivity index (χ4v) is 5.58. The normalized spacial score (nSPS) is 20.2. The molecule has 3 aromatic rings. The number of hydrogen-bond donors (Lipinski definition) is 2. The van der Waals surface area contributed by atoms with Gasteiger partial charge in [0.25, 0.3) is 0 Å². The molecule has 178 valence electrons. The summed E-state index contributed by atoms with van der Waals surface area (Å²) in [6.45, 7) is 11.1. The van der Waals surface area contributed by atoms with E-state index in [2.05, 4.69) is 65.5 Å². The molecule has 0 bridgehead atoms. The third-order valence-corrected chi connectivity index (χ3v) is 7.34. The van der Waals surface area contributed by atoms with Crippen molar-refractivity contribution in [1.29, 1.82) is 0 Å². The van der Waals surface area contributed by atoms with Crippen molar-refractivity contribution < 1.29 is 15.0 Å². The summed E-state index contributed by atoms with van der Waals surface area (Å²) < 4.78 is 0. The van der Waals surface area contributed by atoms with E-state index in [9.17, 15) is 9.90 Å². The Balaban J connectivity index is 1.65. The van der Waals surface area contributed by atoms with Gasteiger partial charge in [-0.2, -0.15) is 0 Å². The lowest BCUT2D eigenvalue weighted by Gasteiger charge is -2.47. The number of piperazine rings is 1. The summed E-state index contributed by atoms with van der Waals surface area (Å²) >= 11 is 1.46. The standard InChI is InChI=1S/C27H31N3O3S/c1-4-12-29-15-19(3)30(16-18(29)2)26(22-6-5-7-24(31)13-22)20-8-10-21(11-9-20)27-28-23(17-34-27)14-25(32)33/h4-11,13,17-19,26,31H,1,12,14-16H2,2-3H3,(H,32,33)/t18-,19+,26-/m1/s1. The third-order valence-electron chi connectivity index (χ3n) is 6.40. The number of nitrogens with zero attached hydrogens (tertiary/aromatic N) is 3. The van der Waals surface area contributed by atoms with Crippen LogP contribution < -0.4 is 0 Å². The Morgan fingerprint density at radius 3 is 2.62 bits per heavy atom. The quantitative estimate of drug-likeness (QED) is 0.453. The minimum Gasteiger partial charge on any atom is -0.508 e. The molecule has 1 saturated heterocycles. The number of carboxylic acids is 1. The van der Waals surface area contributed by atoms with Gasteiger partial charge in [-0.25, -0.2) is 4.98 Å². The smallest absolute Gasteiger partial charge is 0.309 e. The number of aromatic nitrogens is 1. The number of benzene rings is 2. The molecule has 6 nitrogen and oxygen atoms in total. The molecule has 1 aliphatic rings. The van der Waals surface area contributed by atoms with E-state index >= 15 is 0 Å². The van der Waals surface area contributed by atoms with E-state index in [0.717, 1.165) is 41.3 Å². The first-order valence-electron chi connectivity index (χ1n) is 11.5. The Labute approximate surface area is 204 Å². The summed E-state index contributed by atoms with van der Waals surface area (Å²) in [6, 6.07) is 16.6. The zero-order valence-electron chi connectivity index (χ0n) is 19.6. The SMILES string of the molecule is C=CCN1C[C@H](C)N([C@H](c2ccc(-c3nc(CC(=O)O)cs3)cc2)c2cccc(O)c2)C[C@H]1C. The molecular formula is C27H31N3O3S. The van der Waals surface area contributed by atoms with Crippen LogP contribution >= 0.6 is 11.3 Å².